The SMILES string of the molecule is CCNc1nc(NCc2ccco2)c2ncn(C3CCCO3)c2n1. The number of ether oxygens (including phenoxy) is 1. The van der Waals surface area contributed by atoms with Crippen LogP contribution in [0.1, 0.15) is 31.8 Å². The van der Waals surface area contributed by atoms with Gasteiger partial charge in [-0.3, -0.25) is 4.57 Å². The molecule has 1 saturated heterocycles. The van der Waals surface area contributed by atoms with Crippen molar-refractivity contribution in [1.82, 2.24) is 19.5 Å². The minimum atomic E-state index is -0.00250. The van der Waals surface area contributed by atoms with Crippen molar-refractivity contribution in [3.63, 3.8) is 0 Å². The maximum Gasteiger partial charge on any atom is 0.226 e. The number of imidazole rings is 1. The summed E-state index contributed by atoms with van der Waals surface area (Å²) < 4.78 is 13.1. The van der Waals surface area contributed by atoms with Crippen LogP contribution in [0.25, 0.3) is 11.2 Å². The average Bonchev–Trinajstić information content (AvgIpc) is 3.33. The lowest BCUT2D eigenvalue weighted by Crippen LogP contribution is -2.10. The molecular weight excluding hydrogens is 308 g/mol. The minimum absolute atomic E-state index is 0.00250. The molecule has 4 rings (SSSR count). The number of hydrogen-bond acceptors (Lipinski definition) is 7. The van der Waals surface area contributed by atoms with E-state index >= 15 is 0 Å². The van der Waals surface area contributed by atoms with Crippen molar-refractivity contribution in [2.24, 2.45) is 0 Å². The number of aromatic nitrogens is 4. The third kappa shape index (κ3) is 2.80. The van der Waals surface area contributed by atoms with Crippen LogP contribution in [-0.2, 0) is 11.3 Å². The van der Waals surface area contributed by atoms with Crippen molar-refractivity contribution in [1.29, 1.82) is 0 Å². The van der Waals surface area contributed by atoms with Gasteiger partial charge in [-0.05, 0) is 31.9 Å². The van der Waals surface area contributed by atoms with Crippen molar-refractivity contribution in [2.75, 3.05) is 23.8 Å². The molecular formula is C16H20N6O2. The van der Waals surface area contributed by atoms with E-state index in [1.807, 2.05) is 23.6 Å². The van der Waals surface area contributed by atoms with E-state index in [0.29, 0.717) is 18.3 Å². The quantitative estimate of drug-likeness (QED) is 0.719. The van der Waals surface area contributed by atoms with Crippen LogP contribution in [0.15, 0.2) is 29.1 Å². The maximum absolute atomic E-state index is 5.77. The van der Waals surface area contributed by atoms with Gasteiger partial charge in [-0.15, -0.1) is 0 Å². The largest absolute Gasteiger partial charge is 0.467 e. The molecule has 0 spiro atoms. The van der Waals surface area contributed by atoms with Crippen molar-refractivity contribution in [3.05, 3.63) is 30.5 Å². The lowest BCUT2D eigenvalue weighted by Gasteiger charge is -2.13. The first-order chi connectivity index (χ1) is 11.8. The second kappa shape index (κ2) is 6.48. The van der Waals surface area contributed by atoms with Gasteiger partial charge in [0, 0.05) is 13.2 Å². The summed E-state index contributed by atoms with van der Waals surface area (Å²) in [5.74, 6) is 2.10. The fraction of sp³-hybridized carbons (Fsp3) is 0.438. The Balaban J connectivity index is 1.70. The van der Waals surface area contributed by atoms with Crippen molar-refractivity contribution >= 4 is 22.9 Å². The molecule has 1 atom stereocenters. The third-order valence-corrected chi connectivity index (χ3v) is 3.98. The van der Waals surface area contributed by atoms with Gasteiger partial charge in [0.05, 0.1) is 19.1 Å². The topological polar surface area (TPSA) is 90.0 Å². The summed E-state index contributed by atoms with van der Waals surface area (Å²) in [4.78, 5) is 13.6. The van der Waals surface area contributed by atoms with Crippen LogP contribution < -0.4 is 10.6 Å². The summed E-state index contributed by atoms with van der Waals surface area (Å²) in [7, 11) is 0. The van der Waals surface area contributed by atoms with E-state index in [4.69, 9.17) is 9.15 Å². The van der Waals surface area contributed by atoms with Gasteiger partial charge in [0.25, 0.3) is 0 Å². The first kappa shape index (κ1) is 14.9. The second-order valence-electron chi connectivity index (χ2n) is 5.65. The molecule has 3 aromatic rings. The van der Waals surface area contributed by atoms with Gasteiger partial charge in [-0.2, -0.15) is 9.97 Å². The summed E-state index contributed by atoms with van der Waals surface area (Å²) in [6.07, 6.45) is 5.46. The summed E-state index contributed by atoms with van der Waals surface area (Å²) in [5, 5.41) is 6.46. The van der Waals surface area contributed by atoms with Crippen LogP contribution in [0.4, 0.5) is 11.8 Å². The molecule has 0 radical (unpaired) electrons. The highest BCUT2D eigenvalue weighted by Gasteiger charge is 2.22. The molecule has 1 aliphatic heterocycles. The van der Waals surface area contributed by atoms with Crippen LogP contribution in [0, 0.1) is 0 Å². The monoisotopic (exact) mass is 328 g/mol. The Morgan fingerprint density at radius 1 is 1.33 bits per heavy atom. The van der Waals surface area contributed by atoms with E-state index in [1.54, 1.807) is 12.6 Å². The van der Waals surface area contributed by atoms with E-state index in [1.165, 1.54) is 0 Å². The van der Waals surface area contributed by atoms with Gasteiger partial charge < -0.3 is 19.8 Å². The minimum Gasteiger partial charge on any atom is -0.467 e. The van der Waals surface area contributed by atoms with E-state index in [-0.39, 0.29) is 6.23 Å². The van der Waals surface area contributed by atoms with Gasteiger partial charge in [0.1, 0.15) is 12.0 Å². The predicted octanol–water partition coefficient (Wildman–Crippen LogP) is 2.77. The molecule has 1 unspecified atom stereocenters. The summed E-state index contributed by atoms with van der Waals surface area (Å²) in [6.45, 7) is 4.08. The summed E-state index contributed by atoms with van der Waals surface area (Å²) in [6, 6.07) is 3.78. The Kier molecular flexibility index (Phi) is 4.04. The zero-order valence-electron chi connectivity index (χ0n) is 13.5. The van der Waals surface area contributed by atoms with E-state index in [9.17, 15) is 0 Å². The molecule has 0 aliphatic carbocycles. The number of nitrogens with one attached hydrogen (secondary N) is 2. The van der Waals surface area contributed by atoms with Gasteiger partial charge in [-0.25, -0.2) is 4.98 Å². The van der Waals surface area contributed by atoms with Gasteiger partial charge in [-0.1, -0.05) is 0 Å². The van der Waals surface area contributed by atoms with Crippen LogP contribution in [-0.4, -0.2) is 32.7 Å². The Hall–Kier alpha value is -2.61. The second-order valence-corrected chi connectivity index (χ2v) is 5.65. The predicted molar refractivity (Wildman–Crippen MR) is 89.7 cm³/mol. The molecule has 0 aromatic carbocycles. The molecule has 4 heterocycles. The van der Waals surface area contributed by atoms with Crippen LogP contribution >= 0.6 is 0 Å². The number of anilines is 2. The first-order valence-electron chi connectivity index (χ1n) is 8.21. The fourth-order valence-corrected chi connectivity index (χ4v) is 2.85. The van der Waals surface area contributed by atoms with Crippen LogP contribution in [0.2, 0.25) is 0 Å². The number of rotatable bonds is 6. The Morgan fingerprint density at radius 3 is 3.04 bits per heavy atom. The Bertz CT molecular complexity index is 807. The molecule has 126 valence electrons. The van der Waals surface area contributed by atoms with E-state index < -0.39 is 0 Å². The summed E-state index contributed by atoms with van der Waals surface area (Å²) in [5.41, 5.74) is 1.51. The fourth-order valence-electron chi connectivity index (χ4n) is 2.85. The molecule has 8 nitrogen and oxygen atoms in total. The molecule has 8 heteroatoms. The maximum atomic E-state index is 5.77. The van der Waals surface area contributed by atoms with Crippen molar-refractivity contribution < 1.29 is 9.15 Å². The number of nitrogens with zero attached hydrogens (tertiary/aromatic N) is 4. The highest BCUT2D eigenvalue weighted by molar-refractivity contribution is 5.84. The van der Waals surface area contributed by atoms with Gasteiger partial charge >= 0.3 is 0 Å². The standard InChI is InChI=1S/C16H20N6O2/c1-2-17-16-20-14(18-9-11-5-3-7-23-11)13-15(21-16)22(10-19-13)12-6-4-8-24-12/h3,5,7,10,12H,2,4,6,8-9H2,1H3,(H2,17,18,20,21). The van der Waals surface area contributed by atoms with Gasteiger partial charge in [0.15, 0.2) is 17.0 Å². The van der Waals surface area contributed by atoms with E-state index in [0.717, 1.165) is 42.9 Å². The normalized spacial score (nSPS) is 17.5. The van der Waals surface area contributed by atoms with Gasteiger partial charge in [0.2, 0.25) is 5.95 Å². The van der Waals surface area contributed by atoms with Crippen LogP contribution in [0.3, 0.4) is 0 Å². The molecule has 2 N–H and O–H groups in total. The Morgan fingerprint density at radius 2 is 2.29 bits per heavy atom. The zero-order valence-corrected chi connectivity index (χ0v) is 13.5. The molecule has 0 amide bonds. The van der Waals surface area contributed by atoms with E-state index in [2.05, 4.69) is 25.6 Å². The molecule has 1 aliphatic rings. The first-order valence-corrected chi connectivity index (χ1v) is 8.21. The molecule has 0 saturated carbocycles. The number of furan rings is 1. The molecule has 0 bridgehead atoms. The average molecular weight is 328 g/mol. The highest BCUT2D eigenvalue weighted by Crippen LogP contribution is 2.29. The lowest BCUT2D eigenvalue weighted by atomic mass is 10.3. The smallest absolute Gasteiger partial charge is 0.226 e. The highest BCUT2D eigenvalue weighted by atomic mass is 16.5. The number of fused-ring (bicyclic) bond motifs is 1. The lowest BCUT2D eigenvalue weighted by molar-refractivity contribution is 0.0593. The zero-order chi connectivity index (χ0) is 16.4. The van der Waals surface area contributed by atoms with Crippen LogP contribution in [0.5, 0.6) is 0 Å². The van der Waals surface area contributed by atoms with Crippen molar-refractivity contribution in [3.8, 4) is 0 Å². The summed E-state index contributed by atoms with van der Waals surface area (Å²) >= 11 is 0. The number of hydrogen-bond donors (Lipinski definition) is 2. The van der Waals surface area contributed by atoms with Crippen molar-refractivity contribution in [2.45, 2.75) is 32.5 Å². The third-order valence-electron chi connectivity index (χ3n) is 3.98. The molecule has 1 fully saturated rings. The molecule has 24 heavy (non-hydrogen) atoms. The Labute approximate surface area is 139 Å². The molecule has 3 aromatic heterocycles.